The van der Waals surface area contributed by atoms with Crippen molar-refractivity contribution in [1.29, 1.82) is 0 Å². The van der Waals surface area contributed by atoms with Gasteiger partial charge in [-0.25, -0.2) is 4.98 Å². The van der Waals surface area contributed by atoms with E-state index in [9.17, 15) is 4.79 Å². The molecule has 0 aromatic carbocycles. The number of nitrogens with zero attached hydrogens (tertiary/aromatic N) is 2. The largest absolute Gasteiger partial charge is 0.395 e. The maximum atomic E-state index is 11.8. The second kappa shape index (κ2) is 8.59. The van der Waals surface area contributed by atoms with E-state index in [0.717, 1.165) is 41.3 Å². The summed E-state index contributed by atoms with van der Waals surface area (Å²) in [6.45, 7) is 4.19. The quantitative estimate of drug-likeness (QED) is 0.774. The molecule has 2 N–H and O–H groups in total. The van der Waals surface area contributed by atoms with Gasteiger partial charge in [0.15, 0.2) is 0 Å². The summed E-state index contributed by atoms with van der Waals surface area (Å²) in [4.78, 5) is 16.5. The lowest BCUT2D eigenvalue weighted by Crippen LogP contribution is -2.25. The van der Waals surface area contributed by atoms with Crippen LogP contribution in [0.4, 0.5) is 0 Å². The number of nitrogens with one attached hydrogen (secondary N) is 1. The van der Waals surface area contributed by atoms with Crippen LogP contribution in [0.2, 0.25) is 0 Å². The van der Waals surface area contributed by atoms with Crippen LogP contribution in [0.1, 0.15) is 51.5 Å². The topological polar surface area (TPSA) is 88.2 Å². The minimum absolute atomic E-state index is 0.0788. The maximum Gasteiger partial charge on any atom is 0.263 e. The lowest BCUT2D eigenvalue weighted by molar-refractivity contribution is 0.0948. The van der Waals surface area contributed by atoms with Crippen molar-refractivity contribution in [2.75, 3.05) is 13.2 Å². The Morgan fingerprint density at radius 1 is 1.48 bits per heavy atom. The fraction of sp³-hybridized carbons (Fsp3) is 0.438. The molecule has 1 amide bonds. The van der Waals surface area contributed by atoms with E-state index in [0.29, 0.717) is 4.88 Å². The second-order valence-electron chi connectivity index (χ2n) is 5.08. The predicted octanol–water partition coefficient (Wildman–Crippen LogP) is 2.67. The normalized spacial score (nSPS) is 11.3. The first kappa shape index (κ1) is 17.4. The average Bonchev–Trinajstić information content (AvgIpc) is 3.15. The molecule has 0 aliphatic carbocycles. The zero-order valence-corrected chi connectivity index (χ0v) is 14.2. The summed E-state index contributed by atoms with van der Waals surface area (Å²) >= 11 is 1.30. The molecule has 0 atom stereocenters. The molecule has 2 rings (SSSR count). The number of hydrogen-bond donors (Lipinski definition) is 2. The zero-order valence-electron chi connectivity index (χ0n) is 13.3. The van der Waals surface area contributed by atoms with Crippen LogP contribution in [0.25, 0.3) is 12.2 Å². The lowest BCUT2D eigenvalue weighted by Gasteiger charge is -1.98. The van der Waals surface area contributed by atoms with Crippen LogP contribution in [-0.4, -0.2) is 34.3 Å². The molecular formula is C16H21N3O3S. The third-order valence-electron chi connectivity index (χ3n) is 3.29. The first-order valence-electron chi connectivity index (χ1n) is 7.63. The smallest absolute Gasteiger partial charge is 0.263 e. The van der Waals surface area contributed by atoms with E-state index in [-0.39, 0.29) is 19.1 Å². The molecule has 7 heteroatoms. The summed E-state index contributed by atoms with van der Waals surface area (Å²) in [5, 5.41) is 16.2. The van der Waals surface area contributed by atoms with Gasteiger partial charge in [-0.1, -0.05) is 18.5 Å². The van der Waals surface area contributed by atoms with E-state index in [1.165, 1.54) is 17.5 Å². The highest BCUT2D eigenvalue weighted by Gasteiger charge is 2.11. The van der Waals surface area contributed by atoms with E-state index < -0.39 is 0 Å². The van der Waals surface area contributed by atoms with Crippen LogP contribution in [0, 0.1) is 6.92 Å². The summed E-state index contributed by atoms with van der Waals surface area (Å²) in [6.07, 6.45) is 8.40. The van der Waals surface area contributed by atoms with Gasteiger partial charge in [0.25, 0.3) is 5.91 Å². The van der Waals surface area contributed by atoms with Crippen LogP contribution >= 0.6 is 11.3 Å². The van der Waals surface area contributed by atoms with E-state index in [2.05, 4.69) is 22.4 Å². The Morgan fingerprint density at radius 2 is 2.30 bits per heavy atom. The molecule has 0 aliphatic rings. The fourth-order valence-corrected chi connectivity index (χ4v) is 2.78. The molecule has 6 nitrogen and oxygen atoms in total. The van der Waals surface area contributed by atoms with Crippen molar-refractivity contribution in [3.63, 3.8) is 0 Å². The highest BCUT2D eigenvalue weighted by Crippen LogP contribution is 2.21. The first-order valence-corrected chi connectivity index (χ1v) is 8.45. The molecular weight excluding hydrogens is 314 g/mol. The van der Waals surface area contributed by atoms with Crippen LogP contribution in [0.5, 0.6) is 0 Å². The van der Waals surface area contributed by atoms with Gasteiger partial charge in [-0.3, -0.25) is 4.79 Å². The Hall–Kier alpha value is -1.99. The van der Waals surface area contributed by atoms with Crippen molar-refractivity contribution in [3.05, 3.63) is 33.1 Å². The number of carbonyl (C=O) groups excluding carboxylic acids is 1. The van der Waals surface area contributed by atoms with Gasteiger partial charge in [0.05, 0.1) is 18.5 Å². The molecule has 0 saturated carbocycles. The third kappa shape index (κ3) is 4.74. The van der Waals surface area contributed by atoms with Gasteiger partial charge in [0.1, 0.15) is 15.6 Å². The number of unbranched alkanes of at least 4 members (excludes halogenated alkanes) is 1. The molecule has 0 unspecified atom stereocenters. The Bertz CT molecular complexity index is 676. The number of carbonyl (C=O) groups is 1. The first-order chi connectivity index (χ1) is 11.2. The number of hydrogen-bond acceptors (Lipinski definition) is 6. The highest BCUT2D eigenvalue weighted by atomic mass is 32.1. The number of aliphatic hydroxyl groups excluding tert-OH is 1. The molecule has 2 aromatic heterocycles. The monoisotopic (exact) mass is 335 g/mol. The molecule has 124 valence electrons. The molecule has 0 aliphatic heterocycles. The van der Waals surface area contributed by atoms with Gasteiger partial charge in [-0.2, -0.15) is 0 Å². The van der Waals surface area contributed by atoms with E-state index in [1.807, 2.05) is 19.1 Å². The predicted molar refractivity (Wildman–Crippen MR) is 90.3 cm³/mol. The summed E-state index contributed by atoms with van der Waals surface area (Å²) in [5.74, 6) is 0.561. The Morgan fingerprint density at radius 3 is 3.04 bits per heavy atom. The van der Waals surface area contributed by atoms with Crippen LogP contribution in [0.15, 0.2) is 10.7 Å². The summed E-state index contributed by atoms with van der Waals surface area (Å²) in [7, 11) is 0. The Kier molecular flexibility index (Phi) is 6.49. The molecule has 23 heavy (non-hydrogen) atoms. The fourth-order valence-electron chi connectivity index (χ4n) is 2.04. The number of amides is 1. The standard InChI is InChI=1S/C16H21N3O3S/c1-3-4-5-13-12(11(2)22-19-13)6-7-15-18-10-14(23-15)16(21)17-8-9-20/h6-7,10,20H,3-5,8-9H2,1-2H3,(H,17,21). The minimum Gasteiger partial charge on any atom is -0.395 e. The van der Waals surface area contributed by atoms with E-state index in [1.54, 1.807) is 0 Å². The van der Waals surface area contributed by atoms with Gasteiger partial charge in [0, 0.05) is 12.1 Å². The summed E-state index contributed by atoms with van der Waals surface area (Å²) in [5.41, 5.74) is 1.94. The molecule has 0 fully saturated rings. The van der Waals surface area contributed by atoms with Crippen molar-refractivity contribution in [2.45, 2.75) is 33.1 Å². The Labute approximate surface area is 139 Å². The molecule has 0 saturated heterocycles. The number of aliphatic hydroxyl groups is 1. The van der Waals surface area contributed by atoms with Crippen molar-refractivity contribution in [2.24, 2.45) is 0 Å². The molecule has 2 heterocycles. The molecule has 0 bridgehead atoms. The number of thiazole rings is 1. The number of aromatic nitrogens is 2. The van der Waals surface area contributed by atoms with Crippen LogP contribution in [0.3, 0.4) is 0 Å². The maximum absolute atomic E-state index is 11.8. The minimum atomic E-state index is -0.221. The van der Waals surface area contributed by atoms with Crippen LogP contribution < -0.4 is 5.32 Å². The van der Waals surface area contributed by atoms with Gasteiger partial charge in [-0.05, 0) is 31.9 Å². The molecule has 2 aromatic rings. The molecule has 0 radical (unpaired) electrons. The summed E-state index contributed by atoms with van der Waals surface area (Å²) in [6, 6.07) is 0. The molecule has 0 spiro atoms. The van der Waals surface area contributed by atoms with Gasteiger partial charge >= 0.3 is 0 Å². The zero-order chi connectivity index (χ0) is 16.7. The summed E-state index contributed by atoms with van der Waals surface area (Å²) < 4.78 is 5.26. The van der Waals surface area contributed by atoms with E-state index >= 15 is 0 Å². The van der Waals surface area contributed by atoms with Gasteiger partial charge in [-0.15, -0.1) is 11.3 Å². The van der Waals surface area contributed by atoms with E-state index in [4.69, 9.17) is 9.63 Å². The van der Waals surface area contributed by atoms with Crippen molar-refractivity contribution < 1.29 is 14.4 Å². The lowest BCUT2D eigenvalue weighted by atomic mass is 10.1. The van der Waals surface area contributed by atoms with Gasteiger partial charge < -0.3 is 14.9 Å². The third-order valence-corrected chi connectivity index (χ3v) is 4.25. The average molecular weight is 335 g/mol. The SMILES string of the molecule is CCCCc1noc(C)c1C=Cc1ncc(C(=O)NCCO)s1. The van der Waals surface area contributed by atoms with Crippen molar-refractivity contribution in [1.82, 2.24) is 15.5 Å². The number of aryl methyl sites for hydroxylation is 2. The van der Waals surface area contributed by atoms with Crippen LogP contribution in [-0.2, 0) is 6.42 Å². The second-order valence-corrected chi connectivity index (χ2v) is 6.14. The van der Waals surface area contributed by atoms with Gasteiger partial charge in [0.2, 0.25) is 0 Å². The van der Waals surface area contributed by atoms with Crippen molar-refractivity contribution >= 4 is 29.4 Å². The van der Waals surface area contributed by atoms with Crippen molar-refractivity contribution in [3.8, 4) is 0 Å². The highest BCUT2D eigenvalue weighted by molar-refractivity contribution is 7.14. The number of rotatable bonds is 8. The Balaban J connectivity index is 2.07.